The normalized spacial score (nSPS) is 17.4. The Kier molecular flexibility index (Phi) is 10.2. The number of rotatable bonds is 13. The van der Waals surface area contributed by atoms with Crippen LogP contribution in [0.5, 0.6) is 0 Å². The van der Waals surface area contributed by atoms with Crippen molar-refractivity contribution >= 4 is 35.6 Å². The van der Waals surface area contributed by atoms with Crippen molar-refractivity contribution < 1.29 is 44.1 Å². The van der Waals surface area contributed by atoms with Crippen molar-refractivity contribution in [2.24, 2.45) is 0 Å². The molecule has 30 heavy (non-hydrogen) atoms. The van der Waals surface area contributed by atoms with E-state index >= 15 is 0 Å². The van der Waals surface area contributed by atoms with Gasteiger partial charge in [0.1, 0.15) is 12.1 Å². The number of carbonyl (C=O) groups excluding carboxylic acids is 3. The van der Waals surface area contributed by atoms with Crippen LogP contribution >= 0.6 is 0 Å². The minimum Gasteiger partial charge on any atom is -0.481 e. The largest absolute Gasteiger partial charge is 0.481 e. The van der Waals surface area contributed by atoms with Crippen molar-refractivity contribution in [2.75, 3.05) is 13.1 Å². The van der Waals surface area contributed by atoms with Crippen molar-refractivity contribution in [2.45, 2.75) is 56.7 Å². The number of carbonyl (C=O) groups is 6. The number of aliphatic carboxylic acids is 3. The fraction of sp³-hybridized carbons (Fsp3) is 0.647. The molecular weight excluding hydrogens is 404 g/mol. The summed E-state index contributed by atoms with van der Waals surface area (Å²) in [5, 5.41) is 36.2. The Morgan fingerprint density at radius 1 is 0.900 bits per heavy atom. The highest BCUT2D eigenvalue weighted by Gasteiger charge is 2.28. The van der Waals surface area contributed by atoms with Gasteiger partial charge in [0.25, 0.3) is 0 Å². The third-order valence-corrected chi connectivity index (χ3v) is 4.36. The van der Waals surface area contributed by atoms with Crippen LogP contribution in [0.2, 0.25) is 0 Å². The van der Waals surface area contributed by atoms with Gasteiger partial charge in [0.2, 0.25) is 17.7 Å². The molecule has 3 unspecified atom stereocenters. The SMILES string of the molecule is O=C(O)CCC(NC(=O)CNC(=O)C(CCC(=O)O)NC(=O)C1CCCN1)C(=O)O. The Morgan fingerprint density at radius 2 is 1.50 bits per heavy atom. The first-order chi connectivity index (χ1) is 14.1. The molecule has 7 N–H and O–H groups in total. The number of amides is 3. The molecule has 0 aromatic rings. The molecular formula is C17H26N4O9. The molecule has 3 amide bonds. The van der Waals surface area contributed by atoms with E-state index in [9.17, 15) is 28.8 Å². The van der Waals surface area contributed by atoms with Crippen LogP contribution in [-0.4, -0.2) is 82.2 Å². The zero-order chi connectivity index (χ0) is 22.7. The predicted molar refractivity (Wildman–Crippen MR) is 99.3 cm³/mol. The van der Waals surface area contributed by atoms with E-state index in [1.54, 1.807) is 0 Å². The molecule has 0 aromatic carbocycles. The predicted octanol–water partition coefficient (Wildman–Crippen LogP) is -2.36. The average Bonchev–Trinajstić information content (AvgIpc) is 3.20. The zero-order valence-electron chi connectivity index (χ0n) is 16.2. The Morgan fingerprint density at radius 3 is 2.00 bits per heavy atom. The second-order valence-electron chi connectivity index (χ2n) is 6.75. The van der Waals surface area contributed by atoms with Crippen LogP contribution in [0.3, 0.4) is 0 Å². The van der Waals surface area contributed by atoms with Gasteiger partial charge in [-0.15, -0.1) is 0 Å². The molecule has 0 aromatic heterocycles. The maximum atomic E-state index is 12.3. The van der Waals surface area contributed by atoms with E-state index in [-0.39, 0.29) is 19.3 Å². The molecule has 0 aliphatic carbocycles. The van der Waals surface area contributed by atoms with Gasteiger partial charge in [0, 0.05) is 12.8 Å². The van der Waals surface area contributed by atoms with Gasteiger partial charge in [-0.2, -0.15) is 0 Å². The minimum absolute atomic E-state index is 0.197. The molecule has 168 valence electrons. The van der Waals surface area contributed by atoms with E-state index in [2.05, 4.69) is 21.3 Å². The lowest BCUT2D eigenvalue weighted by Gasteiger charge is -2.20. The van der Waals surface area contributed by atoms with Crippen molar-refractivity contribution in [1.82, 2.24) is 21.3 Å². The molecule has 1 saturated heterocycles. The van der Waals surface area contributed by atoms with E-state index in [0.29, 0.717) is 13.0 Å². The topological polar surface area (TPSA) is 211 Å². The van der Waals surface area contributed by atoms with Crippen LogP contribution in [0.25, 0.3) is 0 Å². The van der Waals surface area contributed by atoms with Crippen LogP contribution in [0, 0.1) is 0 Å². The van der Waals surface area contributed by atoms with Gasteiger partial charge >= 0.3 is 17.9 Å². The molecule has 1 aliphatic heterocycles. The first-order valence-electron chi connectivity index (χ1n) is 9.37. The van der Waals surface area contributed by atoms with Crippen LogP contribution in [0.1, 0.15) is 38.5 Å². The zero-order valence-corrected chi connectivity index (χ0v) is 16.2. The highest BCUT2D eigenvalue weighted by atomic mass is 16.4. The van der Waals surface area contributed by atoms with E-state index < -0.39 is 66.7 Å². The van der Waals surface area contributed by atoms with E-state index in [1.807, 2.05) is 0 Å². The van der Waals surface area contributed by atoms with Gasteiger partial charge < -0.3 is 36.6 Å². The third-order valence-electron chi connectivity index (χ3n) is 4.36. The van der Waals surface area contributed by atoms with Gasteiger partial charge in [-0.25, -0.2) is 4.79 Å². The fourth-order valence-electron chi connectivity index (χ4n) is 2.78. The van der Waals surface area contributed by atoms with Crippen molar-refractivity contribution in [3.63, 3.8) is 0 Å². The number of carboxylic acids is 3. The molecule has 0 bridgehead atoms. The number of hydrogen-bond donors (Lipinski definition) is 7. The quantitative estimate of drug-likeness (QED) is 0.165. The summed E-state index contributed by atoms with van der Waals surface area (Å²) in [6.07, 6.45) is -0.0278. The Hall–Kier alpha value is -3.22. The lowest BCUT2D eigenvalue weighted by molar-refractivity contribution is -0.143. The molecule has 13 heteroatoms. The summed E-state index contributed by atoms with van der Waals surface area (Å²) in [5.41, 5.74) is 0. The van der Waals surface area contributed by atoms with Crippen LogP contribution in [-0.2, 0) is 28.8 Å². The molecule has 13 nitrogen and oxygen atoms in total. The van der Waals surface area contributed by atoms with Gasteiger partial charge in [-0.3, -0.25) is 24.0 Å². The second kappa shape index (κ2) is 12.4. The summed E-state index contributed by atoms with van der Waals surface area (Å²) in [5.74, 6) is -5.94. The smallest absolute Gasteiger partial charge is 0.326 e. The lowest BCUT2D eigenvalue weighted by Crippen LogP contribution is -2.53. The van der Waals surface area contributed by atoms with Gasteiger partial charge in [0.15, 0.2) is 0 Å². The first-order valence-corrected chi connectivity index (χ1v) is 9.37. The van der Waals surface area contributed by atoms with E-state index in [1.165, 1.54) is 0 Å². The summed E-state index contributed by atoms with van der Waals surface area (Å²) in [6.45, 7) is 0.0215. The van der Waals surface area contributed by atoms with Gasteiger partial charge in [-0.1, -0.05) is 0 Å². The number of carboxylic acid groups (broad SMARTS) is 3. The molecule has 0 radical (unpaired) electrons. The Labute approximate surface area is 171 Å². The van der Waals surface area contributed by atoms with Crippen molar-refractivity contribution in [1.29, 1.82) is 0 Å². The van der Waals surface area contributed by atoms with E-state index in [0.717, 1.165) is 6.42 Å². The summed E-state index contributed by atoms with van der Waals surface area (Å²) in [4.78, 5) is 68.9. The molecule has 0 spiro atoms. The molecule has 3 atom stereocenters. The van der Waals surface area contributed by atoms with Crippen molar-refractivity contribution in [3.05, 3.63) is 0 Å². The molecule has 0 saturated carbocycles. The average molecular weight is 430 g/mol. The van der Waals surface area contributed by atoms with Crippen LogP contribution in [0.15, 0.2) is 0 Å². The minimum atomic E-state index is -1.44. The number of nitrogens with one attached hydrogen (secondary N) is 4. The van der Waals surface area contributed by atoms with E-state index in [4.69, 9.17) is 15.3 Å². The monoisotopic (exact) mass is 430 g/mol. The first kappa shape index (κ1) is 24.8. The molecule has 1 aliphatic rings. The van der Waals surface area contributed by atoms with Crippen molar-refractivity contribution in [3.8, 4) is 0 Å². The van der Waals surface area contributed by atoms with Crippen LogP contribution in [0.4, 0.5) is 0 Å². The lowest BCUT2D eigenvalue weighted by atomic mass is 10.1. The molecule has 1 heterocycles. The van der Waals surface area contributed by atoms with Gasteiger partial charge in [-0.05, 0) is 32.2 Å². The summed E-state index contributed by atoms with van der Waals surface area (Å²) in [6, 6.07) is -3.12. The highest BCUT2D eigenvalue weighted by molar-refractivity contribution is 5.93. The third kappa shape index (κ3) is 9.32. The Balaban J connectivity index is 2.60. The number of hydrogen-bond acceptors (Lipinski definition) is 7. The fourth-order valence-corrected chi connectivity index (χ4v) is 2.78. The summed E-state index contributed by atoms with van der Waals surface area (Å²) < 4.78 is 0. The summed E-state index contributed by atoms with van der Waals surface area (Å²) in [7, 11) is 0. The highest BCUT2D eigenvalue weighted by Crippen LogP contribution is 2.06. The summed E-state index contributed by atoms with van der Waals surface area (Å²) >= 11 is 0. The Bertz CT molecular complexity index is 676. The second-order valence-corrected chi connectivity index (χ2v) is 6.75. The molecule has 1 rings (SSSR count). The maximum absolute atomic E-state index is 12.3. The standard InChI is InChI=1S/C17H26N4O9/c22-12(20-11(17(29)30)4-6-14(25)26)8-19-15(27)10(3-5-13(23)24)21-16(28)9-2-1-7-18-9/h9-11,18H,1-8H2,(H,19,27)(H,20,22)(H,21,28)(H,23,24)(H,25,26)(H,29,30). The molecule has 1 fully saturated rings. The van der Waals surface area contributed by atoms with Gasteiger partial charge in [0.05, 0.1) is 12.6 Å². The maximum Gasteiger partial charge on any atom is 0.326 e. The van der Waals surface area contributed by atoms with Crippen LogP contribution < -0.4 is 21.3 Å².